The van der Waals surface area contributed by atoms with Crippen molar-refractivity contribution in [2.75, 3.05) is 53.1 Å². The maximum atomic E-state index is 13.7. The summed E-state index contributed by atoms with van der Waals surface area (Å²) in [6, 6.07) is 7.33. The van der Waals surface area contributed by atoms with E-state index in [-0.39, 0.29) is 38.3 Å². The van der Waals surface area contributed by atoms with Crippen molar-refractivity contribution >= 4 is 45.9 Å². The van der Waals surface area contributed by atoms with Crippen molar-refractivity contribution in [3.05, 3.63) is 35.7 Å². The van der Waals surface area contributed by atoms with Gasteiger partial charge in [-0.1, -0.05) is 0 Å². The van der Waals surface area contributed by atoms with E-state index in [0.29, 0.717) is 39.8 Å². The van der Waals surface area contributed by atoms with Gasteiger partial charge in [0, 0.05) is 50.4 Å². The van der Waals surface area contributed by atoms with E-state index >= 15 is 0 Å². The Balaban J connectivity index is 1.39. The van der Waals surface area contributed by atoms with Gasteiger partial charge < -0.3 is 25.5 Å². The van der Waals surface area contributed by atoms with Crippen LogP contribution in [0.15, 0.2) is 34.4 Å². The lowest BCUT2D eigenvalue weighted by atomic mass is 9.93. The van der Waals surface area contributed by atoms with Crippen LogP contribution in [0.4, 0.5) is 31.8 Å². The molecule has 10 nitrogen and oxygen atoms in total. The van der Waals surface area contributed by atoms with E-state index in [2.05, 4.69) is 24.7 Å². The van der Waals surface area contributed by atoms with E-state index in [1.54, 1.807) is 23.2 Å². The molecule has 2 aromatic rings. The molecule has 0 bridgehead atoms. The number of nitrogens with two attached hydrogens (primary N) is 1. The highest BCUT2D eigenvalue weighted by atomic mass is 32.2. The molecule has 5 rings (SSSR count). The Morgan fingerprint density at radius 1 is 1.10 bits per heavy atom. The van der Waals surface area contributed by atoms with Gasteiger partial charge in [0.15, 0.2) is 0 Å². The van der Waals surface area contributed by atoms with Gasteiger partial charge in [-0.3, -0.25) is 4.99 Å². The number of aryl methyl sites for hydroxylation is 1. The maximum absolute atomic E-state index is 13.7. The van der Waals surface area contributed by atoms with Gasteiger partial charge in [0.25, 0.3) is 5.92 Å². The monoisotopic (exact) mass is 574 g/mol. The van der Waals surface area contributed by atoms with Crippen LogP contribution in [0.2, 0.25) is 0 Å². The maximum Gasteiger partial charge on any atom is 0.251 e. The number of halogens is 2. The Bertz CT molecular complexity index is 1300. The lowest BCUT2D eigenvalue weighted by Gasteiger charge is -2.34. The molecule has 40 heavy (non-hydrogen) atoms. The molecule has 4 N–H and O–H groups in total. The summed E-state index contributed by atoms with van der Waals surface area (Å²) in [5.41, 5.74) is 4.26. The van der Waals surface area contributed by atoms with Crippen molar-refractivity contribution in [3.63, 3.8) is 0 Å². The minimum Gasteiger partial charge on any atom is -0.395 e. The van der Waals surface area contributed by atoms with Gasteiger partial charge in [0.1, 0.15) is 16.7 Å². The summed E-state index contributed by atoms with van der Waals surface area (Å²) in [4.78, 5) is 17.8. The van der Waals surface area contributed by atoms with Gasteiger partial charge in [-0.15, -0.1) is 0 Å². The van der Waals surface area contributed by atoms with Gasteiger partial charge in [-0.2, -0.15) is 5.10 Å². The number of aliphatic imine (C=N–C) groups is 1. The van der Waals surface area contributed by atoms with Crippen LogP contribution in [-0.2, 0) is 11.0 Å². The van der Waals surface area contributed by atoms with E-state index in [0.717, 1.165) is 31.6 Å². The zero-order chi connectivity index (χ0) is 28.3. The predicted molar refractivity (Wildman–Crippen MR) is 155 cm³/mol. The van der Waals surface area contributed by atoms with Crippen LogP contribution in [0, 0.1) is 12.3 Å². The first-order valence-corrected chi connectivity index (χ1v) is 15.0. The van der Waals surface area contributed by atoms with Gasteiger partial charge in [-0.05, 0) is 62.3 Å². The number of piperidine rings is 2. The molecule has 2 saturated heterocycles. The number of anilines is 3. The largest absolute Gasteiger partial charge is 0.395 e. The molecular formula is C27H36F2N8O2S. The minimum atomic E-state index is -2.66. The number of rotatable bonds is 9. The molecule has 1 aromatic carbocycles. The highest BCUT2D eigenvalue weighted by molar-refractivity contribution is 7.86. The van der Waals surface area contributed by atoms with Crippen molar-refractivity contribution in [1.29, 1.82) is 0 Å². The summed E-state index contributed by atoms with van der Waals surface area (Å²) in [5, 5.41) is 13.0. The number of hydrogen-bond donors (Lipinski definition) is 3. The number of nitrogens with zero attached hydrogens (tertiary/aromatic N) is 6. The van der Waals surface area contributed by atoms with E-state index in [9.17, 15) is 13.0 Å². The summed E-state index contributed by atoms with van der Waals surface area (Å²) >= 11 is 0. The number of nitrogens with one attached hydrogen (secondary N) is 1. The van der Waals surface area contributed by atoms with Crippen LogP contribution in [0.1, 0.15) is 49.9 Å². The van der Waals surface area contributed by atoms with Gasteiger partial charge in [0.2, 0.25) is 5.95 Å². The summed E-state index contributed by atoms with van der Waals surface area (Å²) in [6.45, 7) is 3.80. The molecule has 1 aliphatic carbocycles. The molecule has 1 saturated carbocycles. The average Bonchev–Trinajstić information content (AvgIpc) is 3.68. The number of hydrazone groups is 1. The standard InChI is InChI=1S/C27H36F2N8O2S/c1-19-16-22(33-25(32-19)37-12-8-27(28,29)9-13-37)23(34-30)18-31-21-3-2-20(35-40(39)15-14-38)17-24(21)36-10-6-26(4-5-26)7-11-36/h2-3,16-18,35,38H,4-15,30H2,1H3/b31-18?,34-23+. The van der Waals surface area contributed by atoms with Crippen LogP contribution in [0.25, 0.3) is 0 Å². The molecule has 1 spiro atoms. The molecule has 3 aliphatic rings. The Morgan fingerprint density at radius 2 is 1.80 bits per heavy atom. The summed E-state index contributed by atoms with van der Waals surface area (Å²) in [7, 11) is -1.39. The third kappa shape index (κ3) is 6.74. The molecule has 3 heterocycles. The van der Waals surface area contributed by atoms with Crippen molar-refractivity contribution < 1.29 is 18.1 Å². The second kappa shape index (κ2) is 11.7. The molecule has 1 aromatic heterocycles. The van der Waals surface area contributed by atoms with Crippen LogP contribution >= 0.6 is 0 Å². The zero-order valence-electron chi connectivity index (χ0n) is 22.7. The topological polar surface area (TPSA) is 132 Å². The minimum absolute atomic E-state index is 0.137. The molecule has 13 heteroatoms. The third-order valence-corrected chi connectivity index (χ3v) is 8.97. The summed E-state index contributed by atoms with van der Waals surface area (Å²) in [5.74, 6) is 3.60. The number of hydrogen-bond acceptors (Lipinski definition) is 9. The van der Waals surface area contributed by atoms with Crippen molar-refractivity contribution in [3.8, 4) is 0 Å². The molecule has 3 fully saturated rings. The zero-order valence-corrected chi connectivity index (χ0v) is 23.5. The van der Waals surface area contributed by atoms with Crippen LogP contribution < -0.4 is 20.4 Å². The fourth-order valence-electron chi connectivity index (χ4n) is 5.27. The first-order valence-electron chi connectivity index (χ1n) is 13.6. The smallest absolute Gasteiger partial charge is 0.251 e. The third-order valence-electron chi connectivity index (χ3n) is 7.95. The summed E-state index contributed by atoms with van der Waals surface area (Å²) < 4.78 is 42.5. The number of aliphatic hydroxyl groups is 1. The van der Waals surface area contributed by atoms with Crippen LogP contribution in [0.5, 0.6) is 0 Å². The molecule has 1 atom stereocenters. The van der Waals surface area contributed by atoms with Crippen molar-refractivity contribution in [2.24, 2.45) is 21.4 Å². The number of aliphatic hydroxyl groups excluding tert-OH is 1. The number of alkyl halides is 2. The fourth-order valence-corrected chi connectivity index (χ4v) is 5.93. The van der Waals surface area contributed by atoms with E-state index in [4.69, 9.17) is 15.9 Å². The normalized spacial score (nSPS) is 21.1. The van der Waals surface area contributed by atoms with Crippen molar-refractivity contribution in [1.82, 2.24) is 9.97 Å². The Labute approximate surface area is 235 Å². The molecule has 2 aliphatic heterocycles. The second-order valence-corrected chi connectivity index (χ2v) is 12.2. The molecule has 0 radical (unpaired) electrons. The highest BCUT2D eigenvalue weighted by Crippen LogP contribution is 2.54. The molecule has 0 amide bonds. The lowest BCUT2D eigenvalue weighted by Crippen LogP contribution is -2.40. The summed E-state index contributed by atoms with van der Waals surface area (Å²) in [6.07, 6.45) is 5.93. The first kappa shape index (κ1) is 28.3. The van der Waals surface area contributed by atoms with E-state index < -0.39 is 16.9 Å². The van der Waals surface area contributed by atoms with Gasteiger partial charge in [-0.25, -0.2) is 23.0 Å². The van der Waals surface area contributed by atoms with E-state index in [1.165, 1.54) is 12.8 Å². The molecule has 1 unspecified atom stereocenters. The van der Waals surface area contributed by atoms with Gasteiger partial charge >= 0.3 is 0 Å². The molecular weight excluding hydrogens is 538 g/mol. The highest BCUT2D eigenvalue weighted by Gasteiger charge is 2.44. The first-order chi connectivity index (χ1) is 19.2. The van der Waals surface area contributed by atoms with Gasteiger partial charge in [0.05, 0.1) is 35.6 Å². The predicted octanol–water partition coefficient (Wildman–Crippen LogP) is 3.53. The van der Waals surface area contributed by atoms with Crippen LogP contribution in [0.3, 0.4) is 0 Å². The fraction of sp³-hybridized carbons (Fsp3) is 0.556. The lowest BCUT2D eigenvalue weighted by molar-refractivity contribution is -0.0222. The van der Waals surface area contributed by atoms with Crippen molar-refractivity contribution in [2.45, 2.75) is 51.4 Å². The second-order valence-electron chi connectivity index (χ2n) is 10.9. The Hall–Kier alpha value is -3.19. The number of benzene rings is 1. The quantitative estimate of drug-likeness (QED) is 0.237. The Kier molecular flexibility index (Phi) is 8.31. The number of aromatic nitrogens is 2. The van der Waals surface area contributed by atoms with E-state index in [1.807, 2.05) is 19.1 Å². The SMILES string of the molecule is Cc1cc(/C(C=Nc2ccc(NS(=O)CCO)cc2N2CCC3(CC2)CC3)=N/N)nc(N2CCC(F)(F)CC2)n1. The van der Waals surface area contributed by atoms with Crippen LogP contribution in [-0.4, -0.2) is 75.7 Å². The molecule has 216 valence electrons. The average molecular weight is 575 g/mol. The Morgan fingerprint density at radius 3 is 2.45 bits per heavy atom.